The van der Waals surface area contributed by atoms with Gasteiger partial charge in [0, 0.05) is 17.8 Å². The second-order valence-corrected chi connectivity index (χ2v) is 6.06. The Morgan fingerprint density at radius 2 is 1.83 bits per heavy atom. The van der Waals surface area contributed by atoms with Gasteiger partial charge in [0.25, 0.3) is 5.69 Å². The third-order valence-corrected chi connectivity index (χ3v) is 3.76. The summed E-state index contributed by atoms with van der Waals surface area (Å²) in [5, 5.41) is 17.4. The molecule has 2 aromatic rings. The molecule has 2 rings (SSSR count). The number of halogens is 1. The van der Waals surface area contributed by atoms with E-state index in [-0.39, 0.29) is 10.7 Å². The molecule has 5 nitrogen and oxygen atoms in total. The number of anilines is 2. The SMILES string of the molecule is CC(C)c1ccccc1NC(=S)Nc1ccc([N+](=O)[O-])cc1Cl. The number of nitrogens with zero attached hydrogens (tertiary/aromatic N) is 1. The second kappa shape index (κ2) is 7.39. The monoisotopic (exact) mass is 349 g/mol. The van der Waals surface area contributed by atoms with Crippen molar-refractivity contribution in [1.82, 2.24) is 0 Å². The maximum atomic E-state index is 10.7. The highest BCUT2D eigenvalue weighted by atomic mass is 35.5. The van der Waals surface area contributed by atoms with Gasteiger partial charge in [0.15, 0.2) is 5.11 Å². The Morgan fingerprint density at radius 1 is 1.17 bits per heavy atom. The molecule has 0 fully saturated rings. The van der Waals surface area contributed by atoms with Gasteiger partial charge in [-0.1, -0.05) is 43.6 Å². The third kappa shape index (κ3) is 4.40. The Morgan fingerprint density at radius 3 is 2.43 bits per heavy atom. The van der Waals surface area contributed by atoms with E-state index in [2.05, 4.69) is 24.5 Å². The van der Waals surface area contributed by atoms with Crippen LogP contribution in [0.1, 0.15) is 25.3 Å². The number of nitro groups is 1. The maximum absolute atomic E-state index is 10.7. The molecular weight excluding hydrogens is 334 g/mol. The fourth-order valence-corrected chi connectivity index (χ4v) is 2.55. The minimum Gasteiger partial charge on any atom is -0.332 e. The molecule has 2 N–H and O–H groups in total. The van der Waals surface area contributed by atoms with Crippen molar-refractivity contribution in [2.24, 2.45) is 0 Å². The average Bonchev–Trinajstić information content (AvgIpc) is 2.49. The number of non-ortho nitro benzene ring substituents is 1. The Labute approximate surface area is 144 Å². The predicted octanol–water partition coefficient (Wildman–Crippen LogP) is 5.18. The first kappa shape index (κ1) is 17.2. The summed E-state index contributed by atoms with van der Waals surface area (Å²) in [5.74, 6) is 0.351. The minimum atomic E-state index is -0.495. The molecule has 0 unspecified atom stereocenters. The van der Waals surface area contributed by atoms with Gasteiger partial charge in [-0.25, -0.2) is 0 Å². The molecule has 7 heteroatoms. The Kier molecular flexibility index (Phi) is 5.52. The molecule has 0 atom stereocenters. The topological polar surface area (TPSA) is 67.2 Å². The smallest absolute Gasteiger partial charge is 0.271 e. The lowest BCUT2D eigenvalue weighted by molar-refractivity contribution is -0.384. The van der Waals surface area contributed by atoms with E-state index in [9.17, 15) is 10.1 Å². The van der Waals surface area contributed by atoms with Crippen molar-refractivity contribution in [3.05, 3.63) is 63.2 Å². The van der Waals surface area contributed by atoms with Crippen molar-refractivity contribution in [3.63, 3.8) is 0 Å². The molecule has 0 bridgehead atoms. The van der Waals surface area contributed by atoms with Crippen LogP contribution in [0.3, 0.4) is 0 Å². The molecule has 0 aliphatic carbocycles. The van der Waals surface area contributed by atoms with Gasteiger partial charge in [-0.3, -0.25) is 10.1 Å². The highest BCUT2D eigenvalue weighted by molar-refractivity contribution is 7.80. The third-order valence-electron chi connectivity index (χ3n) is 3.24. The second-order valence-electron chi connectivity index (χ2n) is 5.24. The lowest BCUT2D eigenvalue weighted by Gasteiger charge is -2.16. The van der Waals surface area contributed by atoms with Gasteiger partial charge >= 0.3 is 0 Å². The van der Waals surface area contributed by atoms with Gasteiger partial charge in [-0.2, -0.15) is 0 Å². The van der Waals surface area contributed by atoms with Crippen LogP contribution < -0.4 is 10.6 Å². The molecule has 2 aromatic carbocycles. The predicted molar refractivity (Wildman–Crippen MR) is 98.5 cm³/mol. The van der Waals surface area contributed by atoms with Crippen molar-refractivity contribution in [2.45, 2.75) is 19.8 Å². The van der Waals surface area contributed by atoms with Crippen molar-refractivity contribution < 1.29 is 4.92 Å². The van der Waals surface area contributed by atoms with Crippen molar-refractivity contribution in [3.8, 4) is 0 Å². The first-order valence-corrected chi connectivity index (χ1v) is 7.78. The Hall–Kier alpha value is -2.18. The first-order valence-electron chi connectivity index (χ1n) is 6.99. The van der Waals surface area contributed by atoms with Crippen LogP contribution in [0.15, 0.2) is 42.5 Å². The van der Waals surface area contributed by atoms with Crippen LogP contribution >= 0.6 is 23.8 Å². The molecule has 0 heterocycles. The number of hydrogen-bond donors (Lipinski definition) is 2. The van der Waals surface area contributed by atoms with E-state index >= 15 is 0 Å². The first-order chi connectivity index (χ1) is 10.9. The summed E-state index contributed by atoms with van der Waals surface area (Å²) in [7, 11) is 0. The van der Waals surface area contributed by atoms with E-state index in [1.165, 1.54) is 18.2 Å². The number of rotatable bonds is 4. The van der Waals surface area contributed by atoms with E-state index in [4.69, 9.17) is 23.8 Å². The fraction of sp³-hybridized carbons (Fsp3) is 0.188. The average molecular weight is 350 g/mol. The van der Waals surface area contributed by atoms with Crippen LogP contribution in [0.2, 0.25) is 5.02 Å². The van der Waals surface area contributed by atoms with Crippen LogP contribution in [0.4, 0.5) is 17.1 Å². The van der Waals surface area contributed by atoms with Crippen LogP contribution in [0, 0.1) is 10.1 Å². The molecule has 0 aromatic heterocycles. The van der Waals surface area contributed by atoms with Crippen molar-refractivity contribution in [1.29, 1.82) is 0 Å². The van der Waals surface area contributed by atoms with E-state index < -0.39 is 4.92 Å². The summed E-state index contributed by atoms with van der Waals surface area (Å²) < 4.78 is 0. The van der Waals surface area contributed by atoms with Crippen LogP contribution in [-0.2, 0) is 0 Å². The van der Waals surface area contributed by atoms with Crippen molar-refractivity contribution >= 4 is 46.0 Å². The number of thiocarbonyl (C=S) groups is 1. The molecule has 23 heavy (non-hydrogen) atoms. The lowest BCUT2D eigenvalue weighted by Crippen LogP contribution is -2.20. The van der Waals surface area contributed by atoms with E-state index in [1.54, 1.807) is 0 Å². The molecule has 0 aliphatic heterocycles. The zero-order chi connectivity index (χ0) is 17.0. The summed E-state index contributed by atoms with van der Waals surface area (Å²) in [6.07, 6.45) is 0. The number of nitro benzene ring substituents is 1. The molecule has 0 saturated heterocycles. The highest BCUT2D eigenvalue weighted by Crippen LogP contribution is 2.27. The molecule has 120 valence electrons. The zero-order valence-corrected chi connectivity index (χ0v) is 14.2. The lowest BCUT2D eigenvalue weighted by atomic mass is 10.0. The summed E-state index contributed by atoms with van der Waals surface area (Å²) in [4.78, 5) is 10.2. The van der Waals surface area contributed by atoms with Crippen molar-refractivity contribution in [2.75, 3.05) is 10.6 Å². The molecule has 0 radical (unpaired) electrons. The normalized spacial score (nSPS) is 10.4. The minimum absolute atomic E-state index is 0.0652. The summed E-state index contributed by atoms with van der Waals surface area (Å²) in [6, 6.07) is 12.1. The van der Waals surface area contributed by atoms with Gasteiger partial charge in [-0.15, -0.1) is 0 Å². The van der Waals surface area contributed by atoms with E-state index in [0.717, 1.165) is 11.3 Å². The maximum Gasteiger partial charge on any atom is 0.271 e. The molecule has 0 saturated carbocycles. The summed E-state index contributed by atoms with van der Waals surface area (Å²) in [6.45, 7) is 4.20. The zero-order valence-electron chi connectivity index (χ0n) is 12.7. The van der Waals surface area contributed by atoms with E-state index in [0.29, 0.717) is 16.7 Å². The Bertz CT molecular complexity index is 750. The molecular formula is C16H16ClN3O2S. The van der Waals surface area contributed by atoms with Crippen LogP contribution in [0.25, 0.3) is 0 Å². The van der Waals surface area contributed by atoms with Crippen LogP contribution in [0.5, 0.6) is 0 Å². The summed E-state index contributed by atoms with van der Waals surface area (Å²) in [5.41, 5.74) is 2.51. The van der Waals surface area contributed by atoms with E-state index in [1.807, 2.05) is 24.3 Å². The van der Waals surface area contributed by atoms with Crippen LogP contribution in [-0.4, -0.2) is 10.0 Å². The number of benzene rings is 2. The number of nitrogens with one attached hydrogen (secondary N) is 2. The molecule has 0 amide bonds. The standard InChI is InChI=1S/C16H16ClN3O2S/c1-10(2)12-5-3-4-6-14(12)18-16(23)19-15-8-7-11(20(21)22)9-13(15)17/h3-10H,1-2H3,(H2,18,19,23). The van der Waals surface area contributed by atoms with Gasteiger partial charge < -0.3 is 10.6 Å². The fourth-order valence-electron chi connectivity index (χ4n) is 2.11. The molecule has 0 spiro atoms. The van der Waals surface area contributed by atoms with Gasteiger partial charge in [-0.05, 0) is 35.8 Å². The van der Waals surface area contributed by atoms with Gasteiger partial charge in [0.05, 0.1) is 15.6 Å². The quantitative estimate of drug-likeness (QED) is 0.452. The number of para-hydroxylation sites is 1. The largest absolute Gasteiger partial charge is 0.332 e. The number of hydrogen-bond acceptors (Lipinski definition) is 3. The van der Waals surface area contributed by atoms with Gasteiger partial charge in [0.1, 0.15) is 0 Å². The summed E-state index contributed by atoms with van der Waals surface area (Å²) >= 11 is 11.3. The Balaban J connectivity index is 2.13. The van der Waals surface area contributed by atoms with Gasteiger partial charge in [0.2, 0.25) is 0 Å². The molecule has 0 aliphatic rings. The highest BCUT2D eigenvalue weighted by Gasteiger charge is 2.11.